The first-order valence-electron chi connectivity index (χ1n) is 10.7. The molecule has 2 amide bonds. The monoisotopic (exact) mass is 490 g/mol. The van der Waals surface area contributed by atoms with Crippen LogP contribution in [-0.4, -0.2) is 21.4 Å². The summed E-state index contributed by atoms with van der Waals surface area (Å²) in [5.74, 6) is -0.400. The Labute approximate surface area is 206 Å². The van der Waals surface area contributed by atoms with Gasteiger partial charge in [-0.3, -0.25) is 14.6 Å². The lowest BCUT2D eigenvalue weighted by Gasteiger charge is -2.23. The zero-order valence-electron chi connectivity index (χ0n) is 18.0. The molecule has 1 N–H and O–H groups in total. The van der Waals surface area contributed by atoms with Gasteiger partial charge in [0, 0.05) is 45.9 Å². The summed E-state index contributed by atoms with van der Waals surface area (Å²) >= 11 is 12.3. The number of fused-ring (bicyclic) bond motifs is 2. The van der Waals surface area contributed by atoms with Crippen molar-refractivity contribution in [3.8, 4) is 0 Å². The topological polar surface area (TPSA) is 67.2 Å². The van der Waals surface area contributed by atoms with Crippen LogP contribution < -0.4 is 10.2 Å². The first-order valence-corrected chi connectivity index (χ1v) is 11.5. The number of hydrogen-bond acceptors (Lipinski definition) is 3. The molecule has 0 saturated carbocycles. The molecule has 0 aliphatic carbocycles. The minimum atomic E-state index is -0.214. The summed E-state index contributed by atoms with van der Waals surface area (Å²) in [5, 5.41) is 3.75. The Morgan fingerprint density at radius 1 is 0.941 bits per heavy atom. The number of carbonyl (C=O) groups excluding carboxylic acids is 2. The standard InChI is InChI=1S/C26H20Cl2N4O2/c27-20-10-19(11-21(28)12-20)26(34)32-16-22-7-8-24(25(33)30-14-17-4-3-9-29-13-17)31(22)15-18-5-1-2-6-23(18)32/h1-13H,14-16H2,(H,30,33). The highest BCUT2D eigenvalue weighted by atomic mass is 35.5. The van der Waals surface area contributed by atoms with Gasteiger partial charge in [0.15, 0.2) is 0 Å². The molecule has 2 aromatic carbocycles. The fourth-order valence-electron chi connectivity index (χ4n) is 4.15. The van der Waals surface area contributed by atoms with E-state index >= 15 is 0 Å². The molecule has 1 aliphatic rings. The number of benzene rings is 2. The van der Waals surface area contributed by atoms with Crippen molar-refractivity contribution in [2.24, 2.45) is 0 Å². The molecule has 5 rings (SSSR count). The van der Waals surface area contributed by atoms with Gasteiger partial charge in [-0.2, -0.15) is 0 Å². The summed E-state index contributed by atoms with van der Waals surface area (Å²) in [7, 11) is 0. The third kappa shape index (κ3) is 4.42. The maximum absolute atomic E-state index is 13.5. The third-order valence-electron chi connectivity index (χ3n) is 5.77. The number of hydrogen-bond donors (Lipinski definition) is 1. The molecule has 0 radical (unpaired) electrons. The van der Waals surface area contributed by atoms with Crippen LogP contribution in [-0.2, 0) is 19.6 Å². The normalized spacial score (nSPS) is 12.5. The van der Waals surface area contributed by atoms with Gasteiger partial charge < -0.3 is 14.8 Å². The summed E-state index contributed by atoms with van der Waals surface area (Å²) in [6.45, 7) is 1.15. The van der Waals surface area contributed by atoms with E-state index in [-0.39, 0.29) is 11.8 Å². The van der Waals surface area contributed by atoms with E-state index in [2.05, 4.69) is 10.3 Å². The first kappa shape index (κ1) is 22.2. The predicted molar refractivity (Wildman–Crippen MR) is 132 cm³/mol. The molecule has 170 valence electrons. The van der Waals surface area contributed by atoms with E-state index in [0.29, 0.717) is 40.9 Å². The highest BCUT2D eigenvalue weighted by Crippen LogP contribution is 2.31. The lowest BCUT2D eigenvalue weighted by atomic mass is 10.1. The van der Waals surface area contributed by atoms with Crippen LogP contribution in [0.3, 0.4) is 0 Å². The number of para-hydroxylation sites is 1. The van der Waals surface area contributed by atoms with Crippen LogP contribution in [0.25, 0.3) is 0 Å². The zero-order valence-corrected chi connectivity index (χ0v) is 19.6. The summed E-state index contributed by atoms with van der Waals surface area (Å²) in [4.78, 5) is 32.4. The van der Waals surface area contributed by atoms with Gasteiger partial charge in [0.25, 0.3) is 11.8 Å². The molecule has 8 heteroatoms. The maximum Gasteiger partial charge on any atom is 0.268 e. The minimum Gasteiger partial charge on any atom is -0.347 e. The van der Waals surface area contributed by atoms with E-state index in [1.54, 1.807) is 41.6 Å². The highest BCUT2D eigenvalue weighted by Gasteiger charge is 2.27. The van der Waals surface area contributed by atoms with Gasteiger partial charge in [0.05, 0.1) is 13.1 Å². The molecule has 3 heterocycles. The highest BCUT2D eigenvalue weighted by molar-refractivity contribution is 6.35. The van der Waals surface area contributed by atoms with Crippen LogP contribution in [0.2, 0.25) is 10.0 Å². The number of pyridine rings is 1. The molecule has 0 atom stereocenters. The van der Waals surface area contributed by atoms with Crippen molar-refractivity contribution >= 4 is 40.7 Å². The number of rotatable bonds is 4. The minimum absolute atomic E-state index is 0.186. The van der Waals surface area contributed by atoms with Gasteiger partial charge in [0.2, 0.25) is 0 Å². The third-order valence-corrected chi connectivity index (χ3v) is 6.20. The average molecular weight is 491 g/mol. The second kappa shape index (κ2) is 9.33. The number of carbonyl (C=O) groups is 2. The van der Waals surface area contributed by atoms with Gasteiger partial charge >= 0.3 is 0 Å². The number of nitrogens with one attached hydrogen (secondary N) is 1. The fourth-order valence-corrected chi connectivity index (χ4v) is 4.67. The molecule has 0 bridgehead atoms. The second-order valence-electron chi connectivity index (χ2n) is 8.02. The van der Waals surface area contributed by atoms with Gasteiger partial charge in [-0.1, -0.05) is 47.5 Å². The lowest BCUT2D eigenvalue weighted by Crippen LogP contribution is -2.30. The van der Waals surface area contributed by atoms with Crippen LogP contribution in [0.1, 0.15) is 37.7 Å². The number of amides is 2. The summed E-state index contributed by atoms with van der Waals surface area (Å²) in [5.41, 5.74) is 4.43. The fraction of sp³-hybridized carbons (Fsp3) is 0.115. The van der Waals surface area contributed by atoms with E-state index in [1.807, 2.05) is 47.0 Å². The van der Waals surface area contributed by atoms with E-state index in [0.717, 1.165) is 22.5 Å². The van der Waals surface area contributed by atoms with Crippen molar-refractivity contribution in [1.82, 2.24) is 14.9 Å². The number of halogens is 2. The Morgan fingerprint density at radius 2 is 1.74 bits per heavy atom. The quantitative estimate of drug-likeness (QED) is 0.420. The Morgan fingerprint density at radius 3 is 2.50 bits per heavy atom. The Balaban J connectivity index is 1.47. The molecule has 4 aromatic rings. The Hall–Kier alpha value is -3.61. The van der Waals surface area contributed by atoms with Crippen molar-refractivity contribution in [2.75, 3.05) is 4.90 Å². The predicted octanol–water partition coefficient (Wildman–Crippen LogP) is 5.33. The molecule has 0 fully saturated rings. The summed E-state index contributed by atoms with van der Waals surface area (Å²) < 4.78 is 1.95. The molecule has 6 nitrogen and oxygen atoms in total. The number of nitrogens with zero attached hydrogens (tertiary/aromatic N) is 3. The molecule has 0 unspecified atom stereocenters. The summed E-state index contributed by atoms with van der Waals surface area (Å²) in [6, 6.07) is 19.9. The Kier molecular flexibility index (Phi) is 6.09. The van der Waals surface area contributed by atoms with Gasteiger partial charge in [-0.15, -0.1) is 0 Å². The smallest absolute Gasteiger partial charge is 0.268 e. The molecular formula is C26H20Cl2N4O2. The van der Waals surface area contributed by atoms with Crippen LogP contribution in [0, 0.1) is 0 Å². The maximum atomic E-state index is 13.5. The molecule has 34 heavy (non-hydrogen) atoms. The molecule has 0 saturated heterocycles. The summed E-state index contributed by atoms with van der Waals surface area (Å²) in [6.07, 6.45) is 3.42. The van der Waals surface area contributed by atoms with E-state index in [1.165, 1.54) is 0 Å². The molecule has 1 aliphatic heterocycles. The van der Waals surface area contributed by atoms with Gasteiger partial charge in [-0.05, 0) is 53.6 Å². The van der Waals surface area contributed by atoms with Crippen molar-refractivity contribution in [3.63, 3.8) is 0 Å². The van der Waals surface area contributed by atoms with Crippen LogP contribution in [0.4, 0.5) is 5.69 Å². The number of aromatic nitrogens is 2. The van der Waals surface area contributed by atoms with Crippen molar-refractivity contribution in [1.29, 1.82) is 0 Å². The van der Waals surface area contributed by atoms with Crippen LogP contribution in [0.5, 0.6) is 0 Å². The van der Waals surface area contributed by atoms with Gasteiger partial charge in [0.1, 0.15) is 5.69 Å². The van der Waals surface area contributed by atoms with Crippen molar-refractivity contribution in [2.45, 2.75) is 19.6 Å². The van der Waals surface area contributed by atoms with E-state index in [9.17, 15) is 9.59 Å². The average Bonchev–Trinajstić information content (AvgIpc) is 3.15. The SMILES string of the molecule is O=C(NCc1cccnc1)c1ccc2n1Cc1ccccc1N(C(=O)c1cc(Cl)cc(Cl)c1)C2. The number of anilines is 1. The lowest BCUT2D eigenvalue weighted by molar-refractivity contribution is 0.0941. The van der Waals surface area contributed by atoms with E-state index in [4.69, 9.17) is 23.2 Å². The van der Waals surface area contributed by atoms with Crippen LogP contribution >= 0.6 is 23.2 Å². The second-order valence-corrected chi connectivity index (χ2v) is 8.89. The van der Waals surface area contributed by atoms with E-state index < -0.39 is 0 Å². The zero-order chi connectivity index (χ0) is 23.7. The first-order chi connectivity index (χ1) is 16.5. The Bertz CT molecular complexity index is 1360. The molecule has 2 aromatic heterocycles. The van der Waals surface area contributed by atoms with Gasteiger partial charge in [-0.25, -0.2) is 0 Å². The van der Waals surface area contributed by atoms with Crippen molar-refractivity contribution in [3.05, 3.63) is 117 Å². The van der Waals surface area contributed by atoms with Crippen molar-refractivity contribution < 1.29 is 9.59 Å². The molecule has 0 spiro atoms. The largest absolute Gasteiger partial charge is 0.347 e. The molecular weight excluding hydrogens is 471 g/mol. The van der Waals surface area contributed by atoms with Crippen LogP contribution in [0.15, 0.2) is 79.1 Å².